The van der Waals surface area contributed by atoms with Crippen LogP contribution in [0.15, 0.2) is 30.3 Å². The monoisotopic (exact) mass is 529 g/mol. The molecule has 3 aliphatic rings. The molecule has 33 heavy (non-hydrogen) atoms. The number of carbonyl (C=O) groups is 1. The summed E-state index contributed by atoms with van der Waals surface area (Å²) in [5.74, 6) is -3.74. The Hall–Kier alpha value is -1.05. The number of rotatable bonds is 6. The van der Waals surface area contributed by atoms with Gasteiger partial charge in [-0.25, -0.2) is 13.6 Å². The second-order valence-corrected chi connectivity index (χ2v) is 10.8. The van der Waals surface area contributed by atoms with Crippen LogP contribution in [0, 0.1) is 11.8 Å². The van der Waals surface area contributed by atoms with Gasteiger partial charge in [0.25, 0.3) is 0 Å². The Kier molecular flexibility index (Phi) is 8.61. The van der Waals surface area contributed by atoms with Crippen molar-refractivity contribution in [3.05, 3.63) is 35.9 Å². The van der Waals surface area contributed by atoms with Crippen LogP contribution in [0.3, 0.4) is 0 Å². The van der Waals surface area contributed by atoms with Gasteiger partial charge >= 0.3 is 5.97 Å². The fraction of sp³-hybridized carbons (Fsp3) is 0.731. The van der Waals surface area contributed by atoms with Crippen LogP contribution in [0.5, 0.6) is 0 Å². The van der Waals surface area contributed by atoms with Gasteiger partial charge in [-0.1, -0.05) is 56.0 Å². The predicted molar refractivity (Wildman–Crippen MR) is 119 cm³/mol. The molecule has 1 aromatic carbocycles. The Morgan fingerprint density at radius 1 is 1.12 bits per heavy atom. The van der Waals surface area contributed by atoms with Gasteiger partial charge in [-0.15, -0.1) is 0 Å². The van der Waals surface area contributed by atoms with Crippen LogP contribution in [0.1, 0.15) is 69.8 Å². The first-order valence-electron chi connectivity index (χ1n) is 12.4. The second kappa shape index (κ2) is 10.7. The number of esters is 1. The molecule has 2 saturated carbocycles. The summed E-state index contributed by atoms with van der Waals surface area (Å²) in [6, 6.07) is 8.50. The molecule has 3 fully saturated rings. The molecule has 4 rings (SSSR count). The summed E-state index contributed by atoms with van der Waals surface area (Å²) < 4.78 is 34.7. The highest BCUT2D eigenvalue weighted by atomic mass is 79.9. The number of likely N-dealkylation sites (tertiary alicyclic amines) is 1. The van der Waals surface area contributed by atoms with E-state index in [1.807, 2.05) is 0 Å². The number of likely N-dealkylation sites (N-methyl/N-ethyl adjacent to an activating group) is 1. The molecule has 7 heteroatoms. The molecule has 1 aromatic rings. The van der Waals surface area contributed by atoms with Crippen LogP contribution >= 0.6 is 0 Å². The lowest BCUT2D eigenvalue weighted by Crippen LogP contribution is -3.00. The largest absolute Gasteiger partial charge is 1.00 e. The summed E-state index contributed by atoms with van der Waals surface area (Å²) in [5.41, 5.74) is -1.68. The lowest BCUT2D eigenvalue weighted by atomic mass is 9.80. The first kappa shape index (κ1) is 26.6. The van der Waals surface area contributed by atoms with Crippen molar-refractivity contribution in [3.63, 3.8) is 0 Å². The molecule has 1 N–H and O–H groups in total. The Bertz CT molecular complexity index is 787. The molecular weight excluding hydrogens is 492 g/mol. The predicted octanol–water partition coefficient (Wildman–Crippen LogP) is 2.05. The number of benzene rings is 1. The zero-order valence-corrected chi connectivity index (χ0v) is 21.2. The van der Waals surface area contributed by atoms with Crippen LogP contribution in [0.25, 0.3) is 0 Å². The minimum absolute atomic E-state index is 0. The molecule has 2 aliphatic carbocycles. The van der Waals surface area contributed by atoms with E-state index in [9.17, 15) is 18.7 Å². The zero-order chi connectivity index (χ0) is 22.8. The molecule has 4 nitrogen and oxygen atoms in total. The normalized spacial score (nSPS) is 31.9. The van der Waals surface area contributed by atoms with Crippen molar-refractivity contribution in [2.45, 2.75) is 81.8 Å². The van der Waals surface area contributed by atoms with E-state index >= 15 is 0 Å². The Morgan fingerprint density at radius 2 is 1.79 bits per heavy atom. The number of carbonyl (C=O) groups excluding carboxylic acids is 1. The highest BCUT2D eigenvalue weighted by Gasteiger charge is 2.55. The Balaban J connectivity index is 0.00000306. The first-order chi connectivity index (χ1) is 15.2. The number of hydrogen-bond donors (Lipinski definition) is 1. The molecule has 1 heterocycles. The van der Waals surface area contributed by atoms with Gasteiger partial charge in [-0.3, -0.25) is 0 Å². The molecule has 4 atom stereocenters. The highest BCUT2D eigenvalue weighted by Crippen LogP contribution is 2.48. The number of nitrogens with zero attached hydrogens (tertiary/aromatic N) is 1. The van der Waals surface area contributed by atoms with Gasteiger partial charge in [-0.05, 0) is 24.8 Å². The number of hydrogen-bond acceptors (Lipinski definition) is 3. The molecule has 186 valence electrons. The summed E-state index contributed by atoms with van der Waals surface area (Å²) in [6.07, 6.45) is 7.61. The molecule has 0 radical (unpaired) electrons. The number of ether oxygens (including phenoxy) is 1. The SMILES string of the molecule is C[N+]1(CC2CCCCCC2)CC[C@@H](OC(=O)[C@](O)(c2ccccc2)[C@@H]2CCC(F)(F)C2)C1.[Br-]. The minimum atomic E-state index is -2.85. The van der Waals surface area contributed by atoms with E-state index in [-0.39, 0.29) is 35.9 Å². The zero-order valence-electron chi connectivity index (χ0n) is 19.7. The van der Waals surface area contributed by atoms with Crippen LogP contribution < -0.4 is 17.0 Å². The van der Waals surface area contributed by atoms with Crippen LogP contribution in [-0.2, 0) is 15.1 Å². The molecule has 0 amide bonds. The topological polar surface area (TPSA) is 46.5 Å². The van der Waals surface area contributed by atoms with Crippen molar-refractivity contribution in [1.29, 1.82) is 0 Å². The Morgan fingerprint density at radius 3 is 2.39 bits per heavy atom. The third-order valence-electron chi connectivity index (χ3n) is 8.10. The summed E-state index contributed by atoms with van der Waals surface area (Å²) >= 11 is 0. The molecule has 0 spiro atoms. The quantitative estimate of drug-likeness (QED) is 0.348. The summed E-state index contributed by atoms with van der Waals surface area (Å²) in [6.45, 7) is 2.78. The molecule has 1 aliphatic heterocycles. The van der Waals surface area contributed by atoms with Gasteiger partial charge in [0.2, 0.25) is 5.92 Å². The fourth-order valence-corrected chi connectivity index (χ4v) is 6.32. The minimum Gasteiger partial charge on any atom is -1.00 e. The van der Waals surface area contributed by atoms with E-state index in [0.29, 0.717) is 5.56 Å². The van der Waals surface area contributed by atoms with Gasteiger partial charge in [0.15, 0.2) is 11.7 Å². The number of halogens is 3. The highest BCUT2D eigenvalue weighted by molar-refractivity contribution is 5.82. The first-order valence-corrected chi connectivity index (χ1v) is 12.4. The lowest BCUT2D eigenvalue weighted by Gasteiger charge is -2.34. The van der Waals surface area contributed by atoms with E-state index < -0.39 is 29.8 Å². The second-order valence-electron chi connectivity index (χ2n) is 10.8. The molecular formula is C26H38BrF2NO3. The van der Waals surface area contributed by atoms with E-state index in [1.54, 1.807) is 30.3 Å². The van der Waals surface area contributed by atoms with Crippen molar-refractivity contribution in [1.82, 2.24) is 0 Å². The van der Waals surface area contributed by atoms with Gasteiger partial charge in [0.1, 0.15) is 6.54 Å². The maximum atomic E-state index is 14.0. The molecule has 1 unspecified atom stereocenters. The van der Waals surface area contributed by atoms with Crippen LogP contribution in [0.2, 0.25) is 0 Å². The van der Waals surface area contributed by atoms with Gasteiger partial charge in [0, 0.05) is 31.1 Å². The van der Waals surface area contributed by atoms with Gasteiger partial charge in [0.05, 0.1) is 20.1 Å². The smallest absolute Gasteiger partial charge is 0.343 e. The average Bonchev–Trinajstić information content (AvgIpc) is 3.20. The fourth-order valence-electron chi connectivity index (χ4n) is 6.32. The van der Waals surface area contributed by atoms with Crippen molar-refractivity contribution >= 4 is 5.97 Å². The van der Waals surface area contributed by atoms with Gasteiger partial charge in [-0.2, -0.15) is 0 Å². The third kappa shape index (κ3) is 6.15. The van der Waals surface area contributed by atoms with E-state index in [4.69, 9.17) is 4.74 Å². The van der Waals surface area contributed by atoms with Crippen molar-refractivity contribution in [3.8, 4) is 0 Å². The van der Waals surface area contributed by atoms with Crippen molar-refractivity contribution in [2.75, 3.05) is 26.7 Å². The summed E-state index contributed by atoms with van der Waals surface area (Å²) in [7, 11) is 2.24. The van der Waals surface area contributed by atoms with E-state index in [2.05, 4.69) is 7.05 Å². The van der Waals surface area contributed by atoms with E-state index in [0.717, 1.165) is 36.5 Å². The van der Waals surface area contributed by atoms with Crippen LogP contribution in [0.4, 0.5) is 8.78 Å². The number of aliphatic hydroxyl groups is 1. The number of quaternary nitrogens is 1. The molecule has 0 bridgehead atoms. The summed E-state index contributed by atoms with van der Waals surface area (Å²) in [4.78, 5) is 13.3. The number of alkyl halides is 2. The van der Waals surface area contributed by atoms with E-state index in [1.165, 1.54) is 38.5 Å². The van der Waals surface area contributed by atoms with Crippen molar-refractivity contribution in [2.24, 2.45) is 11.8 Å². The third-order valence-corrected chi connectivity index (χ3v) is 8.10. The molecule has 1 saturated heterocycles. The standard InChI is InChI=1S/C26H38F2NO3.BrH/c1-29(18-20-9-5-2-3-6-10-20)16-14-23(19-29)32-24(30)26(31,21-11-7-4-8-12-21)22-13-15-25(27,28)17-22;/h4,7-8,11-12,20,22-23,31H,2-3,5-6,9-10,13-19H2,1H3;1H/q+1;/p-1/t22-,23-,26+,29?;/m1./s1. The van der Waals surface area contributed by atoms with Gasteiger partial charge < -0.3 is 31.3 Å². The summed E-state index contributed by atoms with van der Waals surface area (Å²) in [5, 5.41) is 11.6. The Labute approximate surface area is 207 Å². The van der Waals surface area contributed by atoms with Crippen LogP contribution in [-0.4, -0.2) is 54.3 Å². The maximum absolute atomic E-state index is 14.0. The lowest BCUT2D eigenvalue weighted by molar-refractivity contribution is -0.902. The average molecular weight is 530 g/mol. The van der Waals surface area contributed by atoms with Crippen molar-refractivity contribution < 1.29 is 44.9 Å². The maximum Gasteiger partial charge on any atom is 0.343 e. The molecule has 0 aromatic heterocycles.